The molecule has 0 saturated heterocycles. The maximum absolute atomic E-state index is 4.01. The van der Waals surface area contributed by atoms with Crippen molar-refractivity contribution in [1.29, 1.82) is 0 Å². The molecule has 0 radical (unpaired) electrons. The molecule has 1 saturated carbocycles. The van der Waals surface area contributed by atoms with Crippen molar-refractivity contribution in [2.75, 3.05) is 6.54 Å². The van der Waals surface area contributed by atoms with Gasteiger partial charge in [0.1, 0.15) is 0 Å². The zero-order valence-corrected chi connectivity index (χ0v) is 11.8. The van der Waals surface area contributed by atoms with Gasteiger partial charge in [0.15, 0.2) is 0 Å². The molecular weight excluding hydrogens is 230 g/mol. The summed E-state index contributed by atoms with van der Waals surface area (Å²) in [6, 6.07) is 0.468. The van der Waals surface area contributed by atoms with E-state index in [1.165, 1.54) is 24.1 Å². The van der Waals surface area contributed by atoms with Crippen molar-refractivity contribution in [1.82, 2.24) is 14.9 Å². The fourth-order valence-corrected chi connectivity index (χ4v) is 3.60. The molecular formula is C13H23N3S. The Balaban J connectivity index is 2.06. The Morgan fingerprint density at radius 2 is 2.24 bits per heavy atom. The number of nitrogens with one attached hydrogen (secondary N) is 1. The number of rotatable bonds is 4. The highest BCUT2D eigenvalue weighted by Crippen LogP contribution is 2.40. The highest BCUT2D eigenvalue weighted by molar-refractivity contribution is 7.05. The van der Waals surface area contributed by atoms with Gasteiger partial charge in [0.05, 0.1) is 11.1 Å². The maximum atomic E-state index is 4.01. The average molecular weight is 253 g/mol. The monoisotopic (exact) mass is 253 g/mol. The number of nitrogens with zero attached hydrogens (tertiary/aromatic N) is 2. The van der Waals surface area contributed by atoms with Crippen molar-refractivity contribution in [2.24, 2.45) is 17.8 Å². The summed E-state index contributed by atoms with van der Waals surface area (Å²) in [5.41, 5.74) is 0. The molecule has 0 amide bonds. The zero-order valence-electron chi connectivity index (χ0n) is 11.0. The van der Waals surface area contributed by atoms with E-state index in [9.17, 15) is 0 Å². The summed E-state index contributed by atoms with van der Waals surface area (Å²) in [6.07, 6.45) is 5.96. The van der Waals surface area contributed by atoms with Gasteiger partial charge in [0.2, 0.25) is 0 Å². The quantitative estimate of drug-likeness (QED) is 0.895. The smallest absolute Gasteiger partial charge is 0.0669 e. The molecule has 1 aliphatic carbocycles. The van der Waals surface area contributed by atoms with E-state index in [4.69, 9.17) is 0 Å². The van der Waals surface area contributed by atoms with Crippen LogP contribution in [0.3, 0.4) is 0 Å². The second kappa shape index (κ2) is 5.91. The van der Waals surface area contributed by atoms with E-state index in [1.54, 1.807) is 11.5 Å². The SMILES string of the molecule is CCNC(c1cnns1)C1CCC(C)C(C)C1. The standard InChI is InChI=1S/C13H23N3S/c1-4-14-13(12-8-15-16-17-12)11-6-5-9(2)10(3)7-11/h8-11,13-14H,4-7H2,1-3H3. The Hall–Kier alpha value is -0.480. The molecule has 0 spiro atoms. The number of aromatic nitrogens is 2. The van der Waals surface area contributed by atoms with Crippen molar-refractivity contribution in [3.63, 3.8) is 0 Å². The molecule has 1 aromatic heterocycles. The third-order valence-corrected chi connectivity index (χ3v) is 4.97. The van der Waals surface area contributed by atoms with Gasteiger partial charge in [-0.15, -0.1) is 5.10 Å². The molecule has 96 valence electrons. The van der Waals surface area contributed by atoms with Crippen molar-refractivity contribution in [3.05, 3.63) is 11.1 Å². The molecule has 2 rings (SSSR count). The largest absolute Gasteiger partial charge is 0.309 e. The molecule has 1 aliphatic rings. The van der Waals surface area contributed by atoms with E-state index in [0.29, 0.717) is 6.04 Å². The van der Waals surface area contributed by atoms with E-state index in [2.05, 4.69) is 35.7 Å². The molecule has 1 aromatic rings. The molecule has 4 heteroatoms. The van der Waals surface area contributed by atoms with Gasteiger partial charge in [-0.05, 0) is 48.7 Å². The third-order valence-electron chi connectivity index (χ3n) is 4.22. The van der Waals surface area contributed by atoms with Crippen LogP contribution in [-0.4, -0.2) is 16.1 Å². The Labute approximate surface area is 108 Å². The summed E-state index contributed by atoms with van der Waals surface area (Å²) in [6.45, 7) is 7.97. The second-order valence-electron chi connectivity index (χ2n) is 5.38. The number of hydrogen-bond acceptors (Lipinski definition) is 4. The molecule has 0 bridgehead atoms. The first-order valence-corrected chi connectivity index (χ1v) is 7.50. The van der Waals surface area contributed by atoms with Crippen LogP contribution in [0.5, 0.6) is 0 Å². The van der Waals surface area contributed by atoms with E-state index >= 15 is 0 Å². The lowest BCUT2D eigenvalue weighted by Gasteiger charge is -2.36. The average Bonchev–Trinajstić information content (AvgIpc) is 2.83. The highest BCUT2D eigenvalue weighted by Gasteiger charge is 2.31. The molecule has 17 heavy (non-hydrogen) atoms. The fourth-order valence-electron chi connectivity index (χ4n) is 2.92. The molecule has 1 heterocycles. The predicted octanol–water partition coefficient (Wildman–Crippen LogP) is 3.26. The van der Waals surface area contributed by atoms with E-state index in [1.807, 2.05) is 6.20 Å². The normalized spacial score (nSPS) is 31.4. The van der Waals surface area contributed by atoms with Crippen LogP contribution in [0.25, 0.3) is 0 Å². The van der Waals surface area contributed by atoms with Crippen LogP contribution in [0.1, 0.15) is 51.0 Å². The first kappa shape index (κ1) is 13.0. The van der Waals surface area contributed by atoms with Crippen LogP contribution in [0, 0.1) is 17.8 Å². The lowest BCUT2D eigenvalue weighted by atomic mass is 9.73. The van der Waals surface area contributed by atoms with Crippen LogP contribution in [0.2, 0.25) is 0 Å². The molecule has 4 atom stereocenters. The summed E-state index contributed by atoms with van der Waals surface area (Å²) in [4.78, 5) is 1.30. The molecule has 3 nitrogen and oxygen atoms in total. The minimum Gasteiger partial charge on any atom is -0.309 e. The Bertz CT molecular complexity index is 325. The highest BCUT2D eigenvalue weighted by atomic mass is 32.1. The summed E-state index contributed by atoms with van der Waals surface area (Å²) < 4.78 is 4.01. The van der Waals surface area contributed by atoms with Gasteiger partial charge in [-0.3, -0.25) is 0 Å². The Morgan fingerprint density at radius 3 is 2.82 bits per heavy atom. The minimum absolute atomic E-state index is 0.468. The summed E-state index contributed by atoms with van der Waals surface area (Å²) in [7, 11) is 0. The van der Waals surface area contributed by atoms with Crippen LogP contribution in [0.15, 0.2) is 6.20 Å². The van der Waals surface area contributed by atoms with Crippen molar-refractivity contribution in [2.45, 2.75) is 46.1 Å². The third kappa shape index (κ3) is 3.05. The van der Waals surface area contributed by atoms with Crippen molar-refractivity contribution < 1.29 is 0 Å². The maximum Gasteiger partial charge on any atom is 0.0669 e. The second-order valence-corrected chi connectivity index (χ2v) is 6.20. The minimum atomic E-state index is 0.468. The van der Waals surface area contributed by atoms with Crippen LogP contribution >= 0.6 is 11.5 Å². The first-order valence-electron chi connectivity index (χ1n) is 6.73. The molecule has 4 unspecified atom stereocenters. The molecule has 0 aromatic carbocycles. The van der Waals surface area contributed by atoms with E-state index < -0.39 is 0 Å². The van der Waals surface area contributed by atoms with Crippen molar-refractivity contribution >= 4 is 11.5 Å². The fraction of sp³-hybridized carbons (Fsp3) is 0.846. The molecule has 0 aliphatic heterocycles. The Morgan fingerprint density at radius 1 is 1.41 bits per heavy atom. The van der Waals surface area contributed by atoms with Crippen LogP contribution < -0.4 is 5.32 Å². The van der Waals surface area contributed by atoms with Gasteiger partial charge in [-0.25, -0.2) is 0 Å². The lowest BCUT2D eigenvalue weighted by Crippen LogP contribution is -2.32. The van der Waals surface area contributed by atoms with Gasteiger partial charge in [-0.2, -0.15) is 0 Å². The Kier molecular flexibility index (Phi) is 4.51. The van der Waals surface area contributed by atoms with Gasteiger partial charge >= 0.3 is 0 Å². The van der Waals surface area contributed by atoms with Gasteiger partial charge < -0.3 is 5.32 Å². The van der Waals surface area contributed by atoms with Crippen LogP contribution in [-0.2, 0) is 0 Å². The van der Waals surface area contributed by atoms with E-state index in [-0.39, 0.29) is 0 Å². The lowest BCUT2D eigenvalue weighted by molar-refractivity contribution is 0.173. The summed E-state index contributed by atoms with van der Waals surface area (Å²) in [5.74, 6) is 2.48. The number of hydrogen-bond donors (Lipinski definition) is 1. The van der Waals surface area contributed by atoms with Gasteiger partial charge in [0.25, 0.3) is 0 Å². The first-order chi connectivity index (χ1) is 8.22. The van der Waals surface area contributed by atoms with E-state index in [0.717, 1.165) is 24.3 Å². The topological polar surface area (TPSA) is 37.8 Å². The zero-order chi connectivity index (χ0) is 12.3. The molecule has 1 fully saturated rings. The van der Waals surface area contributed by atoms with Gasteiger partial charge in [0, 0.05) is 6.04 Å². The van der Waals surface area contributed by atoms with Crippen LogP contribution in [0.4, 0.5) is 0 Å². The van der Waals surface area contributed by atoms with Gasteiger partial charge in [-0.1, -0.05) is 31.7 Å². The van der Waals surface area contributed by atoms with Crippen molar-refractivity contribution in [3.8, 4) is 0 Å². The predicted molar refractivity (Wildman–Crippen MR) is 72.0 cm³/mol. The summed E-state index contributed by atoms with van der Waals surface area (Å²) >= 11 is 1.54. The molecule has 1 N–H and O–H groups in total. The summed E-state index contributed by atoms with van der Waals surface area (Å²) in [5, 5.41) is 7.60.